The van der Waals surface area contributed by atoms with Gasteiger partial charge in [-0.25, -0.2) is 4.39 Å². The lowest BCUT2D eigenvalue weighted by atomic mass is 10.0. The third-order valence-corrected chi connectivity index (χ3v) is 2.90. The number of halogens is 1. The number of carboxylic acid groups (broad SMARTS) is 1. The van der Waals surface area contributed by atoms with Gasteiger partial charge in [-0.05, 0) is 12.1 Å². The number of aliphatic carboxylic acids is 1. The van der Waals surface area contributed by atoms with Crippen LogP contribution in [0.4, 0.5) is 15.8 Å². The van der Waals surface area contributed by atoms with Crippen molar-refractivity contribution in [1.29, 1.82) is 0 Å². The molecule has 2 N–H and O–H groups in total. The quantitative estimate of drug-likeness (QED) is 0.630. The summed E-state index contributed by atoms with van der Waals surface area (Å²) < 4.78 is 18.0. The van der Waals surface area contributed by atoms with Crippen molar-refractivity contribution in [3.63, 3.8) is 0 Å². The van der Waals surface area contributed by atoms with E-state index in [1.54, 1.807) is 0 Å². The van der Waals surface area contributed by atoms with E-state index in [0.717, 1.165) is 12.1 Å². The maximum Gasteiger partial charge on any atom is 0.311 e. The molecule has 7 nitrogen and oxygen atoms in total. The van der Waals surface area contributed by atoms with E-state index in [9.17, 15) is 19.3 Å². The monoisotopic (exact) mass is 270 g/mol. The highest BCUT2D eigenvalue weighted by Crippen LogP contribution is 2.28. The van der Waals surface area contributed by atoms with Gasteiger partial charge in [-0.3, -0.25) is 14.9 Å². The molecule has 0 amide bonds. The van der Waals surface area contributed by atoms with Crippen molar-refractivity contribution < 1.29 is 24.0 Å². The van der Waals surface area contributed by atoms with Crippen LogP contribution in [0, 0.1) is 21.8 Å². The average Bonchev–Trinajstić information content (AvgIpc) is 2.79. The fourth-order valence-electron chi connectivity index (χ4n) is 1.92. The number of anilines is 1. The molecule has 0 radical (unpaired) electrons. The number of nitro benzene ring substituents is 1. The predicted octanol–water partition coefficient (Wildman–Crippen LogP) is 1.25. The van der Waals surface area contributed by atoms with Gasteiger partial charge < -0.3 is 15.2 Å². The lowest BCUT2D eigenvalue weighted by Gasteiger charge is -2.16. The zero-order chi connectivity index (χ0) is 14.0. The van der Waals surface area contributed by atoms with Gasteiger partial charge in [0.15, 0.2) is 0 Å². The van der Waals surface area contributed by atoms with Crippen LogP contribution in [0.15, 0.2) is 18.2 Å². The molecule has 0 spiro atoms. The maximum absolute atomic E-state index is 13.0. The number of nitro groups is 1. The van der Waals surface area contributed by atoms with Crippen LogP contribution in [-0.4, -0.2) is 35.3 Å². The molecule has 2 unspecified atom stereocenters. The molecule has 1 saturated heterocycles. The van der Waals surface area contributed by atoms with Crippen molar-refractivity contribution in [2.45, 2.75) is 6.04 Å². The molecule has 0 aliphatic carbocycles. The van der Waals surface area contributed by atoms with Gasteiger partial charge >= 0.3 is 5.97 Å². The smallest absolute Gasteiger partial charge is 0.311 e. The largest absolute Gasteiger partial charge is 0.481 e. The van der Waals surface area contributed by atoms with Crippen LogP contribution >= 0.6 is 0 Å². The Morgan fingerprint density at radius 3 is 2.89 bits per heavy atom. The van der Waals surface area contributed by atoms with E-state index < -0.39 is 34.4 Å². The summed E-state index contributed by atoms with van der Waals surface area (Å²) in [6, 6.07) is 2.49. The van der Waals surface area contributed by atoms with Crippen molar-refractivity contribution in [1.82, 2.24) is 0 Å². The Morgan fingerprint density at radius 1 is 1.53 bits per heavy atom. The standard InChI is InChI=1S/C11H11FN2O5/c12-6-1-2-8(10(3-6)14(17)18)13-9-5-19-4-7(9)11(15)16/h1-3,7,9,13H,4-5H2,(H,15,16). The van der Waals surface area contributed by atoms with E-state index >= 15 is 0 Å². The summed E-state index contributed by atoms with van der Waals surface area (Å²) in [5.74, 6) is -2.56. The molecule has 0 bridgehead atoms. The molecule has 1 aromatic carbocycles. The molecule has 2 rings (SSSR count). The molecular formula is C11H11FN2O5. The highest BCUT2D eigenvalue weighted by atomic mass is 19.1. The van der Waals surface area contributed by atoms with Crippen molar-refractivity contribution in [2.75, 3.05) is 18.5 Å². The third kappa shape index (κ3) is 2.79. The maximum atomic E-state index is 13.0. The predicted molar refractivity (Wildman–Crippen MR) is 62.4 cm³/mol. The van der Waals surface area contributed by atoms with E-state index in [2.05, 4.69) is 5.32 Å². The number of carboxylic acids is 1. The minimum Gasteiger partial charge on any atom is -0.481 e. The van der Waals surface area contributed by atoms with E-state index in [1.165, 1.54) is 6.07 Å². The Labute approximate surface area is 107 Å². The van der Waals surface area contributed by atoms with E-state index in [0.29, 0.717) is 0 Å². The van der Waals surface area contributed by atoms with E-state index in [-0.39, 0.29) is 18.9 Å². The molecule has 8 heteroatoms. The Balaban J connectivity index is 2.23. The summed E-state index contributed by atoms with van der Waals surface area (Å²) in [6.45, 7) is 0.174. The van der Waals surface area contributed by atoms with Crippen molar-refractivity contribution in [3.05, 3.63) is 34.1 Å². The van der Waals surface area contributed by atoms with Gasteiger partial charge in [-0.15, -0.1) is 0 Å². The van der Waals surface area contributed by atoms with E-state index in [4.69, 9.17) is 9.84 Å². The second-order valence-corrected chi connectivity index (χ2v) is 4.15. The van der Waals surface area contributed by atoms with Gasteiger partial charge in [0.1, 0.15) is 17.4 Å². The second kappa shape index (κ2) is 5.19. The van der Waals surface area contributed by atoms with Crippen LogP contribution in [0.25, 0.3) is 0 Å². The molecule has 0 saturated carbocycles. The van der Waals surface area contributed by atoms with Gasteiger partial charge in [0, 0.05) is 0 Å². The number of hydrogen-bond donors (Lipinski definition) is 2. The van der Waals surface area contributed by atoms with Crippen LogP contribution < -0.4 is 5.32 Å². The lowest BCUT2D eigenvalue weighted by molar-refractivity contribution is -0.384. The highest BCUT2D eigenvalue weighted by Gasteiger charge is 2.35. The summed E-state index contributed by atoms with van der Waals surface area (Å²) >= 11 is 0. The number of benzene rings is 1. The Kier molecular flexibility index (Phi) is 3.61. The van der Waals surface area contributed by atoms with Gasteiger partial charge in [0.2, 0.25) is 0 Å². The van der Waals surface area contributed by atoms with Crippen LogP contribution in [-0.2, 0) is 9.53 Å². The van der Waals surface area contributed by atoms with Gasteiger partial charge in [-0.2, -0.15) is 0 Å². The second-order valence-electron chi connectivity index (χ2n) is 4.15. The first-order valence-electron chi connectivity index (χ1n) is 5.50. The normalized spacial score (nSPS) is 22.2. The molecule has 1 aliphatic rings. The van der Waals surface area contributed by atoms with Crippen LogP contribution in [0.3, 0.4) is 0 Å². The van der Waals surface area contributed by atoms with Crippen LogP contribution in [0.1, 0.15) is 0 Å². The zero-order valence-electron chi connectivity index (χ0n) is 9.71. The van der Waals surface area contributed by atoms with Crippen molar-refractivity contribution >= 4 is 17.3 Å². The molecule has 1 fully saturated rings. The first kappa shape index (κ1) is 13.2. The van der Waals surface area contributed by atoms with Crippen LogP contribution in [0.5, 0.6) is 0 Å². The summed E-state index contributed by atoms with van der Waals surface area (Å²) in [6.07, 6.45) is 0. The minimum atomic E-state index is -1.04. The van der Waals surface area contributed by atoms with Gasteiger partial charge in [0.05, 0.1) is 30.2 Å². The average molecular weight is 270 g/mol. The minimum absolute atomic E-state index is 0.0436. The molecule has 1 aliphatic heterocycles. The third-order valence-electron chi connectivity index (χ3n) is 2.90. The SMILES string of the molecule is O=C(O)C1COCC1Nc1ccc(F)cc1[N+](=O)[O-]. The molecule has 2 atom stereocenters. The lowest BCUT2D eigenvalue weighted by Crippen LogP contribution is -2.33. The number of nitrogens with one attached hydrogen (secondary N) is 1. The molecule has 1 heterocycles. The number of hydrogen-bond acceptors (Lipinski definition) is 5. The molecular weight excluding hydrogens is 259 g/mol. The Morgan fingerprint density at radius 2 is 2.26 bits per heavy atom. The summed E-state index contributed by atoms with van der Waals surface area (Å²) in [7, 11) is 0. The summed E-state index contributed by atoms with van der Waals surface area (Å²) in [4.78, 5) is 21.1. The van der Waals surface area contributed by atoms with Gasteiger partial charge in [-0.1, -0.05) is 0 Å². The highest BCUT2D eigenvalue weighted by molar-refractivity contribution is 5.73. The number of rotatable bonds is 4. The molecule has 19 heavy (non-hydrogen) atoms. The first-order chi connectivity index (χ1) is 8.99. The van der Waals surface area contributed by atoms with Gasteiger partial charge in [0.25, 0.3) is 5.69 Å². The number of nitrogens with zero attached hydrogens (tertiary/aromatic N) is 1. The van der Waals surface area contributed by atoms with Crippen LogP contribution in [0.2, 0.25) is 0 Å². The van der Waals surface area contributed by atoms with Crippen molar-refractivity contribution in [2.24, 2.45) is 5.92 Å². The Hall–Kier alpha value is -2.22. The number of ether oxygens (including phenoxy) is 1. The van der Waals surface area contributed by atoms with Crippen molar-refractivity contribution in [3.8, 4) is 0 Å². The fraction of sp³-hybridized carbons (Fsp3) is 0.364. The fourth-order valence-corrected chi connectivity index (χ4v) is 1.92. The summed E-state index contributed by atoms with van der Waals surface area (Å²) in [5, 5.41) is 22.5. The zero-order valence-corrected chi connectivity index (χ0v) is 9.71. The first-order valence-corrected chi connectivity index (χ1v) is 5.50. The molecule has 102 valence electrons. The topological polar surface area (TPSA) is 102 Å². The number of carbonyl (C=O) groups is 1. The molecule has 1 aromatic rings. The van der Waals surface area contributed by atoms with E-state index in [1.807, 2.05) is 0 Å². The Bertz CT molecular complexity index is 522. The molecule has 0 aromatic heterocycles. The summed E-state index contributed by atoms with van der Waals surface area (Å²) in [5.41, 5.74) is -0.357.